The van der Waals surface area contributed by atoms with E-state index in [0.29, 0.717) is 11.1 Å². The topological polar surface area (TPSA) is 98.7 Å². The van der Waals surface area contributed by atoms with Crippen molar-refractivity contribution < 1.29 is 28.6 Å². The van der Waals surface area contributed by atoms with Crippen molar-refractivity contribution >= 4 is 11.7 Å². The molecular formula is C22H28F2N2O4. The van der Waals surface area contributed by atoms with E-state index in [1.54, 1.807) is 37.3 Å². The SMILES string of the molecule is CC(=O)N[C@@H](Cc1cc(F)cc(F)c1)[C@H](O)CNCC(=O)c1ccccc1.CCO. The number of carbonyl (C=O) groups excluding carboxylic acids is 2. The third-order valence-corrected chi connectivity index (χ3v) is 3.97. The molecule has 2 aromatic rings. The Balaban J connectivity index is 0.00000141. The molecule has 0 heterocycles. The smallest absolute Gasteiger partial charge is 0.217 e. The summed E-state index contributed by atoms with van der Waals surface area (Å²) in [5, 5.41) is 23.4. The van der Waals surface area contributed by atoms with Crippen LogP contribution in [-0.4, -0.2) is 53.7 Å². The highest BCUT2D eigenvalue weighted by molar-refractivity contribution is 5.97. The van der Waals surface area contributed by atoms with Gasteiger partial charge in [0.1, 0.15) is 11.6 Å². The van der Waals surface area contributed by atoms with Crippen LogP contribution in [0.5, 0.6) is 0 Å². The van der Waals surface area contributed by atoms with Crippen LogP contribution in [0.25, 0.3) is 0 Å². The summed E-state index contributed by atoms with van der Waals surface area (Å²) in [7, 11) is 0. The van der Waals surface area contributed by atoms with Crippen LogP contribution in [0.2, 0.25) is 0 Å². The minimum Gasteiger partial charge on any atom is -0.397 e. The molecule has 0 bridgehead atoms. The molecule has 2 atom stereocenters. The fourth-order valence-electron chi connectivity index (χ4n) is 2.73. The van der Waals surface area contributed by atoms with Gasteiger partial charge >= 0.3 is 0 Å². The lowest BCUT2D eigenvalue weighted by molar-refractivity contribution is -0.120. The molecule has 1 amide bonds. The monoisotopic (exact) mass is 422 g/mol. The highest BCUT2D eigenvalue weighted by atomic mass is 19.1. The summed E-state index contributed by atoms with van der Waals surface area (Å²) >= 11 is 0. The number of ketones is 1. The minimum absolute atomic E-state index is 0.0163. The first kappa shape index (κ1) is 25.4. The summed E-state index contributed by atoms with van der Waals surface area (Å²) in [6.45, 7) is 3.27. The Morgan fingerprint density at radius 3 is 2.17 bits per heavy atom. The van der Waals surface area contributed by atoms with E-state index in [9.17, 15) is 23.5 Å². The van der Waals surface area contributed by atoms with Crippen LogP contribution >= 0.6 is 0 Å². The van der Waals surface area contributed by atoms with E-state index in [-0.39, 0.29) is 37.8 Å². The van der Waals surface area contributed by atoms with Crippen LogP contribution in [0, 0.1) is 11.6 Å². The van der Waals surface area contributed by atoms with E-state index in [1.807, 2.05) is 0 Å². The number of Topliss-reactive ketones (excluding diaryl/α,β-unsaturated/α-hetero) is 1. The standard InChI is InChI=1S/C20H22F2N2O3.C2H6O/c1-13(25)24-18(9-14-7-16(21)10-17(22)8-14)20(27)12-23-11-19(26)15-5-3-2-4-6-15;1-2-3/h2-8,10,18,20,23,27H,9,11-12H2,1H3,(H,24,25);3H,2H2,1H3/t18-,20+;/m0./s1. The van der Waals surface area contributed by atoms with Crippen LogP contribution < -0.4 is 10.6 Å². The summed E-state index contributed by atoms with van der Waals surface area (Å²) in [5.74, 6) is -1.97. The van der Waals surface area contributed by atoms with E-state index >= 15 is 0 Å². The normalized spacial score (nSPS) is 12.3. The van der Waals surface area contributed by atoms with Crippen molar-refractivity contribution in [1.29, 1.82) is 0 Å². The highest BCUT2D eigenvalue weighted by Gasteiger charge is 2.21. The Hall–Kier alpha value is -2.68. The van der Waals surface area contributed by atoms with Gasteiger partial charge in [-0.25, -0.2) is 8.78 Å². The molecule has 8 heteroatoms. The lowest BCUT2D eigenvalue weighted by Crippen LogP contribution is -2.48. The largest absolute Gasteiger partial charge is 0.397 e. The van der Waals surface area contributed by atoms with Crippen molar-refractivity contribution in [1.82, 2.24) is 10.6 Å². The summed E-state index contributed by atoms with van der Waals surface area (Å²) in [6, 6.07) is 11.0. The molecule has 0 aliphatic rings. The fraction of sp³-hybridized carbons (Fsp3) is 0.364. The van der Waals surface area contributed by atoms with Crippen molar-refractivity contribution in [3.05, 3.63) is 71.3 Å². The molecule has 2 aromatic carbocycles. The van der Waals surface area contributed by atoms with Crippen molar-refractivity contribution in [2.24, 2.45) is 0 Å². The maximum absolute atomic E-state index is 13.4. The van der Waals surface area contributed by atoms with Gasteiger partial charge < -0.3 is 20.8 Å². The molecule has 4 N–H and O–H groups in total. The second kappa shape index (κ2) is 13.5. The van der Waals surface area contributed by atoms with Gasteiger partial charge in [-0.15, -0.1) is 0 Å². The Labute approximate surface area is 174 Å². The molecule has 6 nitrogen and oxygen atoms in total. The van der Waals surface area contributed by atoms with Crippen molar-refractivity contribution in [3.8, 4) is 0 Å². The van der Waals surface area contributed by atoms with E-state index in [4.69, 9.17) is 5.11 Å². The summed E-state index contributed by atoms with van der Waals surface area (Å²) < 4.78 is 26.7. The lowest BCUT2D eigenvalue weighted by Gasteiger charge is -2.24. The summed E-state index contributed by atoms with van der Waals surface area (Å²) in [6.07, 6.45) is -1.01. The Bertz CT molecular complexity index is 783. The highest BCUT2D eigenvalue weighted by Crippen LogP contribution is 2.12. The summed E-state index contributed by atoms with van der Waals surface area (Å²) in [5.41, 5.74) is 0.860. The zero-order valence-corrected chi connectivity index (χ0v) is 17.1. The number of hydrogen-bond acceptors (Lipinski definition) is 5. The maximum Gasteiger partial charge on any atom is 0.217 e. The molecule has 0 fully saturated rings. The van der Waals surface area contributed by atoms with Gasteiger partial charge in [0.25, 0.3) is 0 Å². The number of aliphatic hydroxyl groups is 2. The lowest BCUT2D eigenvalue weighted by atomic mass is 10.0. The molecule has 0 saturated carbocycles. The molecular weight excluding hydrogens is 394 g/mol. The molecule has 0 aliphatic carbocycles. The number of benzene rings is 2. The van der Waals surface area contributed by atoms with Gasteiger partial charge in [0.2, 0.25) is 5.91 Å². The van der Waals surface area contributed by atoms with E-state index in [1.165, 1.54) is 6.92 Å². The van der Waals surface area contributed by atoms with Gasteiger partial charge in [-0.3, -0.25) is 9.59 Å². The molecule has 0 radical (unpaired) electrons. The Morgan fingerprint density at radius 2 is 1.63 bits per heavy atom. The first-order chi connectivity index (χ1) is 14.3. The third kappa shape index (κ3) is 9.69. The zero-order chi connectivity index (χ0) is 22.5. The number of nitrogens with one attached hydrogen (secondary N) is 2. The van der Waals surface area contributed by atoms with Crippen molar-refractivity contribution in [3.63, 3.8) is 0 Å². The third-order valence-electron chi connectivity index (χ3n) is 3.97. The molecule has 30 heavy (non-hydrogen) atoms. The van der Waals surface area contributed by atoms with Gasteiger partial charge in [-0.1, -0.05) is 30.3 Å². The predicted octanol–water partition coefficient (Wildman–Crippen LogP) is 1.84. The number of amides is 1. The Morgan fingerprint density at radius 1 is 1.07 bits per heavy atom. The average Bonchev–Trinajstić information content (AvgIpc) is 2.67. The number of rotatable bonds is 9. The van der Waals surface area contributed by atoms with Gasteiger partial charge in [0.15, 0.2) is 5.78 Å². The van der Waals surface area contributed by atoms with E-state index in [0.717, 1.165) is 18.2 Å². The first-order valence-electron chi connectivity index (χ1n) is 9.56. The van der Waals surface area contributed by atoms with Crippen LogP contribution in [0.3, 0.4) is 0 Å². The van der Waals surface area contributed by atoms with E-state index < -0.39 is 23.8 Å². The fourth-order valence-corrected chi connectivity index (χ4v) is 2.73. The van der Waals surface area contributed by atoms with Gasteiger partial charge in [0, 0.05) is 31.7 Å². The van der Waals surface area contributed by atoms with Crippen molar-refractivity contribution in [2.45, 2.75) is 32.4 Å². The van der Waals surface area contributed by atoms with Crippen LogP contribution in [0.1, 0.15) is 29.8 Å². The predicted molar refractivity (Wildman–Crippen MR) is 110 cm³/mol. The zero-order valence-electron chi connectivity index (χ0n) is 17.1. The van der Waals surface area contributed by atoms with Crippen LogP contribution in [-0.2, 0) is 11.2 Å². The molecule has 2 rings (SSSR count). The second-order valence-corrected chi connectivity index (χ2v) is 6.59. The molecule has 164 valence electrons. The minimum atomic E-state index is -1.05. The Kier molecular flexibility index (Phi) is 11.4. The number of halogens is 2. The van der Waals surface area contributed by atoms with Crippen LogP contribution in [0.4, 0.5) is 8.78 Å². The van der Waals surface area contributed by atoms with Gasteiger partial charge in [0.05, 0.1) is 18.7 Å². The van der Waals surface area contributed by atoms with E-state index in [2.05, 4.69) is 10.6 Å². The maximum atomic E-state index is 13.4. The molecule has 0 aliphatic heterocycles. The second-order valence-electron chi connectivity index (χ2n) is 6.59. The number of hydrogen-bond donors (Lipinski definition) is 4. The van der Waals surface area contributed by atoms with Gasteiger partial charge in [-0.05, 0) is 31.0 Å². The first-order valence-corrected chi connectivity index (χ1v) is 9.56. The summed E-state index contributed by atoms with van der Waals surface area (Å²) in [4.78, 5) is 23.4. The number of aliphatic hydroxyl groups excluding tert-OH is 2. The number of carbonyl (C=O) groups is 2. The molecule has 0 saturated heterocycles. The van der Waals surface area contributed by atoms with Gasteiger partial charge in [-0.2, -0.15) is 0 Å². The molecule has 0 unspecified atom stereocenters. The molecule has 0 aromatic heterocycles. The average molecular weight is 422 g/mol. The van der Waals surface area contributed by atoms with Crippen LogP contribution in [0.15, 0.2) is 48.5 Å². The molecule has 0 spiro atoms. The van der Waals surface area contributed by atoms with Crippen molar-refractivity contribution in [2.75, 3.05) is 19.7 Å². The quantitative estimate of drug-likeness (QED) is 0.463.